The maximum absolute atomic E-state index is 15.4. The first-order chi connectivity index (χ1) is 20.6. The summed E-state index contributed by atoms with van der Waals surface area (Å²) in [6, 6.07) is 17.8. The Morgan fingerprint density at radius 3 is 2.51 bits per heavy atom. The van der Waals surface area contributed by atoms with Gasteiger partial charge >= 0.3 is 0 Å². The topological polar surface area (TPSA) is 145 Å². The zero-order valence-electron chi connectivity index (χ0n) is 23.6. The van der Waals surface area contributed by atoms with E-state index in [1.807, 2.05) is 6.07 Å². The van der Waals surface area contributed by atoms with Gasteiger partial charge in [-0.05, 0) is 72.3 Å². The lowest BCUT2D eigenvalue weighted by Gasteiger charge is -2.18. The molecule has 5 N–H and O–H groups in total. The summed E-state index contributed by atoms with van der Waals surface area (Å²) in [7, 11) is -3.88. The van der Waals surface area contributed by atoms with Crippen LogP contribution >= 0.6 is 0 Å². The molecule has 1 aliphatic rings. The first-order valence-electron chi connectivity index (χ1n) is 14.1. The molecule has 0 aliphatic carbocycles. The number of carbonyl (C=O) groups excluding carboxylic acids is 2. The predicted molar refractivity (Wildman–Crippen MR) is 164 cm³/mol. The number of rotatable bonds is 11. The Morgan fingerprint density at radius 2 is 1.72 bits per heavy atom. The Hall–Kier alpha value is -4.41. The zero-order chi connectivity index (χ0) is 30.6. The van der Waals surface area contributed by atoms with Crippen LogP contribution in [0.5, 0.6) is 0 Å². The van der Waals surface area contributed by atoms with Crippen LogP contribution in [0.25, 0.3) is 22.3 Å². The van der Waals surface area contributed by atoms with Crippen LogP contribution in [0, 0.1) is 5.82 Å². The van der Waals surface area contributed by atoms with Gasteiger partial charge in [0.05, 0.1) is 10.6 Å². The summed E-state index contributed by atoms with van der Waals surface area (Å²) in [6.07, 6.45) is 4.30. The van der Waals surface area contributed by atoms with Crippen molar-refractivity contribution < 1.29 is 22.4 Å². The van der Waals surface area contributed by atoms with Crippen LogP contribution in [-0.2, 0) is 33.2 Å². The molecule has 43 heavy (non-hydrogen) atoms. The number of nitrogens with one attached hydrogen (secondary N) is 1. The second-order valence-electron chi connectivity index (χ2n) is 10.7. The Morgan fingerprint density at radius 1 is 0.930 bits per heavy atom. The standard InChI is InChI=1S/C33H33FN4O4S/c34-31-18-27(43(41,42)20-22-5-3-4-21(14-22)15-26(39)6-1-2-12-35)8-10-28(31)25-17-30(32(36)38-19-25)23-7-9-29-24(16-23)11-13-37-33(29)40/h3-5,7-10,14,16-19H,1-2,6,11-13,15,20,35H2,(H2,36,38)(H,37,40). The smallest absolute Gasteiger partial charge is 0.251 e. The zero-order valence-corrected chi connectivity index (χ0v) is 24.4. The van der Waals surface area contributed by atoms with Gasteiger partial charge in [-0.1, -0.05) is 42.5 Å². The number of pyridine rings is 1. The third-order valence-electron chi connectivity index (χ3n) is 7.53. The van der Waals surface area contributed by atoms with E-state index < -0.39 is 15.7 Å². The van der Waals surface area contributed by atoms with Crippen LogP contribution < -0.4 is 16.8 Å². The monoisotopic (exact) mass is 600 g/mol. The molecule has 1 aromatic heterocycles. The average molecular weight is 601 g/mol. The third-order valence-corrected chi connectivity index (χ3v) is 9.21. The molecular formula is C33H33FN4O4S. The van der Waals surface area contributed by atoms with E-state index in [1.54, 1.807) is 42.5 Å². The first-order valence-corrected chi connectivity index (χ1v) is 15.8. The number of unbranched alkanes of at least 4 members (excludes halogenated alkanes) is 1. The number of nitrogen functional groups attached to an aromatic ring is 1. The molecule has 222 valence electrons. The number of sulfone groups is 1. The summed E-state index contributed by atoms with van der Waals surface area (Å²) in [5.41, 5.74) is 16.4. The van der Waals surface area contributed by atoms with Gasteiger partial charge in [-0.2, -0.15) is 0 Å². The van der Waals surface area contributed by atoms with E-state index in [0.29, 0.717) is 48.2 Å². The lowest BCUT2D eigenvalue weighted by molar-refractivity contribution is -0.118. The highest BCUT2D eigenvalue weighted by atomic mass is 32.2. The van der Waals surface area contributed by atoms with Crippen molar-refractivity contribution in [1.29, 1.82) is 0 Å². The fourth-order valence-electron chi connectivity index (χ4n) is 5.29. The van der Waals surface area contributed by atoms with Crippen molar-refractivity contribution in [2.45, 2.75) is 42.8 Å². The number of fused-ring (bicyclic) bond motifs is 1. The number of Topliss-reactive ketones (excluding diaryl/α,β-unsaturated/α-hetero) is 1. The largest absolute Gasteiger partial charge is 0.383 e. The van der Waals surface area contributed by atoms with Crippen molar-refractivity contribution in [1.82, 2.24) is 10.3 Å². The molecule has 0 radical (unpaired) electrons. The summed E-state index contributed by atoms with van der Waals surface area (Å²) < 4.78 is 41.9. The Labute approximate surface area is 250 Å². The highest BCUT2D eigenvalue weighted by molar-refractivity contribution is 7.90. The van der Waals surface area contributed by atoms with E-state index in [9.17, 15) is 18.0 Å². The minimum absolute atomic E-state index is 0.0745. The SMILES string of the molecule is NCCCCC(=O)Cc1cccc(CS(=O)(=O)c2ccc(-c3cnc(N)c(-c4ccc5c(c4)CCNC5=O)c3)c(F)c2)c1. The molecule has 10 heteroatoms. The van der Waals surface area contributed by atoms with E-state index in [-0.39, 0.29) is 40.1 Å². The number of nitrogens with two attached hydrogens (primary N) is 2. The van der Waals surface area contributed by atoms with Crippen molar-refractivity contribution >= 4 is 27.3 Å². The number of ketones is 1. The van der Waals surface area contributed by atoms with Crippen molar-refractivity contribution in [3.8, 4) is 22.3 Å². The fourth-order valence-corrected chi connectivity index (χ4v) is 6.63. The average Bonchev–Trinajstić information content (AvgIpc) is 2.97. The minimum atomic E-state index is -3.88. The summed E-state index contributed by atoms with van der Waals surface area (Å²) in [4.78, 5) is 28.5. The molecule has 3 aromatic carbocycles. The lowest BCUT2D eigenvalue weighted by atomic mass is 9.94. The van der Waals surface area contributed by atoms with E-state index in [2.05, 4.69) is 10.3 Å². The van der Waals surface area contributed by atoms with Crippen molar-refractivity contribution in [3.05, 3.63) is 101 Å². The lowest BCUT2D eigenvalue weighted by Crippen LogP contribution is -2.31. The van der Waals surface area contributed by atoms with Crippen molar-refractivity contribution in [2.75, 3.05) is 18.8 Å². The summed E-state index contributed by atoms with van der Waals surface area (Å²) in [5, 5.41) is 2.81. The number of hydrogen-bond donors (Lipinski definition) is 3. The second-order valence-corrected chi connectivity index (χ2v) is 12.7. The highest BCUT2D eigenvalue weighted by Crippen LogP contribution is 2.33. The summed E-state index contributed by atoms with van der Waals surface area (Å²) in [6.45, 7) is 1.09. The Bertz CT molecular complexity index is 1810. The molecule has 1 amide bonds. The molecule has 2 heterocycles. The van der Waals surface area contributed by atoms with Gasteiger partial charge in [-0.25, -0.2) is 17.8 Å². The molecule has 0 bridgehead atoms. The molecule has 0 atom stereocenters. The van der Waals surface area contributed by atoms with E-state index >= 15 is 4.39 Å². The predicted octanol–water partition coefficient (Wildman–Crippen LogP) is 4.64. The first kappa shape index (κ1) is 30.1. The minimum Gasteiger partial charge on any atom is -0.383 e. The number of benzene rings is 3. The molecule has 0 fully saturated rings. The number of anilines is 1. The molecule has 1 aliphatic heterocycles. The van der Waals surface area contributed by atoms with Gasteiger partial charge in [0.25, 0.3) is 5.91 Å². The van der Waals surface area contributed by atoms with Gasteiger partial charge < -0.3 is 16.8 Å². The molecular weight excluding hydrogens is 567 g/mol. The number of hydrogen-bond acceptors (Lipinski definition) is 7. The summed E-state index contributed by atoms with van der Waals surface area (Å²) in [5.74, 6) is -0.835. The number of amides is 1. The normalized spacial score (nSPS) is 12.9. The van der Waals surface area contributed by atoms with Gasteiger partial charge in [0.1, 0.15) is 17.4 Å². The van der Waals surface area contributed by atoms with Crippen LogP contribution in [0.4, 0.5) is 10.2 Å². The van der Waals surface area contributed by atoms with Crippen molar-refractivity contribution in [2.24, 2.45) is 5.73 Å². The van der Waals surface area contributed by atoms with Crippen molar-refractivity contribution in [3.63, 3.8) is 0 Å². The molecule has 0 saturated heterocycles. The van der Waals surface area contributed by atoms with Crippen LogP contribution in [0.15, 0.2) is 77.8 Å². The quantitative estimate of drug-likeness (QED) is 0.213. The summed E-state index contributed by atoms with van der Waals surface area (Å²) >= 11 is 0. The molecule has 5 rings (SSSR count). The van der Waals surface area contributed by atoms with E-state index in [4.69, 9.17) is 11.5 Å². The third kappa shape index (κ3) is 6.98. The van der Waals surface area contributed by atoms with Gasteiger partial charge in [-0.3, -0.25) is 9.59 Å². The highest BCUT2D eigenvalue weighted by Gasteiger charge is 2.21. The molecule has 0 spiro atoms. The Balaban J connectivity index is 1.35. The second kappa shape index (κ2) is 12.8. The van der Waals surface area contributed by atoms with Gasteiger partial charge in [-0.15, -0.1) is 0 Å². The van der Waals surface area contributed by atoms with Crippen LogP contribution in [0.3, 0.4) is 0 Å². The number of nitrogens with zero attached hydrogens (tertiary/aromatic N) is 1. The van der Waals surface area contributed by atoms with Crippen LogP contribution in [0.2, 0.25) is 0 Å². The molecule has 0 unspecified atom stereocenters. The van der Waals surface area contributed by atoms with E-state index in [1.165, 1.54) is 18.3 Å². The number of aromatic nitrogens is 1. The Kier molecular flexibility index (Phi) is 8.98. The number of carbonyl (C=O) groups is 2. The molecule has 0 saturated carbocycles. The van der Waals surface area contributed by atoms with Crippen LogP contribution in [0.1, 0.15) is 46.3 Å². The maximum atomic E-state index is 15.4. The van der Waals surface area contributed by atoms with Gasteiger partial charge in [0, 0.05) is 47.8 Å². The van der Waals surface area contributed by atoms with E-state index in [0.717, 1.165) is 35.6 Å². The fraction of sp³-hybridized carbons (Fsp3) is 0.242. The molecule has 4 aromatic rings. The number of halogens is 1. The molecule has 8 nitrogen and oxygen atoms in total. The van der Waals surface area contributed by atoms with Crippen LogP contribution in [-0.4, -0.2) is 38.2 Å². The van der Waals surface area contributed by atoms with Gasteiger partial charge in [0.2, 0.25) is 0 Å². The van der Waals surface area contributed by atoms with Gasteiger partial charge in [0.15, 0.2) is 9.84 Å². The maximum Gasteiger partial charge on any atom is 0.251 e.